The lowest BCUT2D eigenvalue weighted by Gasteiger charge is -2.24. The van der Waals surface area contributed by atoms with Crippen LogP contribution in [0.3, 0.4) is 0 Å². The van der Waals surface area contributed by atoms with Gasteiger partial charge in [-0.15, -0.1) is 0 Å². The molecule has 2 aromatic rings. The third kappa shape index (κ3) is 6.52. The van der Waals surface area contributed by atoms with Crippen molar-refractivity contribution in [3.8, 4) is 0 Å². The van der Waals surface area contributed by atoms with Crippen LogP contribution >= 0.6 is 11.8 Å². The van der Waals surface area contributed by atoms with Gasteiger partial charge in [0.15, 0.2) is 11.6 Å². The summed E-state index contributed by atoms with van der Waals surface area (Å²) in [6.45, 7) is 1.87. The zero-order valence-electron chi connectivity index (χ0n) is 16.5. The van der Waals surface area contributed by atoms with Gasteiger partial charge in [0.1, 0.15) is 6.04 Å². The van der Waals surface area contributed by atoms with E-state index in [-0.39, 0.29) is 11.4 Å². The summed E-state index contributed by atoms with van der Waals surface area (Å²) in [7, 11) is -2.39. The van der Waals surface area contributed by atoms with Crippen LogP contribution in [0.1, 0.15) is 17.5 Å². The van der Waals surface area contributed by atoms with Gasteiger partial charge in [-0.25, -0.2) is 17.2 Å². The molecule has 1 atom stereocenters. The van der Waals surface area contributed by atoms with Gasteiger partial charge in [-0.2, -0.15) is 16.5 Å². The van der Waals surface area contributed by atoms with Crippen molar-refractivity contribution in [1.29, 1.82) is 0 Å². The molecule has 1 amide bonds. The second-order valence-electron chi connectivity index (χ2n) is 6.71. The summed E-state index contributed by atoms with van der Waals surface area (Å²) in [6, 6.07) is 8.77. The third-order valence-electron chi connectivity index (χ3n) is 4.32. The number of amides is 1. The number of aryl methyl sites for hydroxylation is 1. The maximum atomic E-state index is 13.4. The molecule has 0 aliphatic carbocycles. The van der Waals surface area contributed by atoms with E-state index < -0.39 is 33.6 Å². The lowest BCUT2D eigenvalue weighted by atomic mass is 10.1. The zero-order chi connectivity index (χ0) is 21.6. The standard InChI is InChI=1S/C20H24F2N2O3S2/c1-14-4-7-16(8-5-14)29(26,27)23-19(10-11-28-3)20(25)24(2)13-15-6-9-17(21)18(22)12-15/h4-9,12,19,23H,10-11,13H2,1-3H3. The molecule has 5 nitrogen and oxygen atoms in total. The smallest absolute Gasteiger partial charge is 0.241 e. The summed E-state index contributed by atoms with van der Waals surface area (Å²) < 4.78 is 54.4. The molecule has 0 saturated carbocycles. The quantitative estimate of drug-likeness (QED) is 0.647. The van der Waals surface area contributed by atoms with Crippen LogP contribution in [0.4, 0.5) is 8.78 Å². The zero-order valence-corrected chi connectivity index (χ0v) is 18.1. The van der Waals surface area contributed by atoms with E-state index in [2.05, 4.69) is 4.72 Å². The van der Waals surface area contributed by atoms with Gasteiger partial charge >= 0.3 is 0 Å². The number of halogens is 2. The minimum absolute atomic E-state index is 0.0259. The van der Waals surface area contributed by atoms with Crippen molar-refractivity contribution in [2.75, 3.05) is 19.1 Å². The highest BCUT2D eigenvalue weighted by Crippen LogP contribution is 2.15. The summed E-state index contributed by atoms with van der Waals surface area (Å²) in [5, 5.41) is 0. The summed E-state index contributed by atoms with van der Waals surface area (Å²) in [5.74, 6) is -1.83. The highest BCUT2D eigenvalue weighted by atomic mass is 32.2. The van der Waals surface area contributed by atoms with Crippen LogP contribution in [-0.2, 0) is 21.4 Å². The van der Waals surface area contributed by atoms with Gasteiger partial charge in [-0.3, -0.25) is 4.79 Å². The maximum absolute atomic E-state index is 13.4. The summed E-state index contributed by atoms with van der Waals surface area (Å²) >= 11 is 1.49. The van der Waals surface area contributed by atoms with Gasteiger partial charge in [0.05, 0.1) is 4.90 Å². The van der Waals surface area contributed by atoms with Crippen LogP contribution in [0.15, 0.2) is 47.4 Å². The fraction of sp³-hybridized carbons (Fsp3) is 0.350. The predicted octanol–water partition coefficient (Wildman–Crippen LogP) is 3.33. The molecule has 29 heavy (non-hydrogen) atoms. The van der Waals surface area contributed by atoms with Crippen molar-refractivity contribution in [2.45, 2.75) is 30.8 Å². The molecule has 9 heteroatoms. The monoisotopic (exact) mass is 442 g/mol. The molecule has 1 N–H and O–H groups in total. The van der Waals surface area contributed by atoms with Crippen molar-refractivity contribution in [1.82, 2.24) is 9.62 Å². The number of nitrogens with zero attached hydrogens (tertiary/aromatic N) is 1. The normalized spacial score (nSPS) is 12.6. The lowest BCUT2D eigenvalue weighted by molar-refractivity contribution is -0.132. The Morgan fingerprint density at radius 1 is 1.14 bits per heavy atom. The third-order valence-corrected chi connectivity index (χ3v) is 6.45. The Bertz CT molecular complexity index is 951. The summed E-state index contributed by atoms with van der Waals surface area (Å²) in [6.07, 6.45) is 2.16. The second-order valence-corrected chi connectivity index (χ2v) is 9.41. The topological polar surface area (TPSA) is 66.5 Å². The van der Waals surface area contributed by atoms with Gasteiger partial charge in [0.25, 0.3) is 0 Å². The van der Waals surface area contributed by atoms with E-state index in [0.29, 0.717) is 17.7 Å². The predicted molar refractivity (Wildman–Crippen MR) is 111 cm³/mol. The van der Waals surface area contributed by atoms with E-state index in [1.165, 1.54) is 41.9 Å². The number of hydrogen-bond acceptors (Lipinski definition) is 4. The molecule has 0 aliphatic rings. The first kappa shape index (κ1) is 23.3. The first-order valence-corrected chi connectivity index (χ1v) is 11.8. The fourth-order valence-electron chi connectivity index (χ4n) is 2.70. The largest absolute Gasteiger partial charge is 0.340 e. The van der Waals surface area contributed by atoms with Crippen molar-refractivity contribution in [2.24, 2.45) is 0 Å². The highest BCUT2D eigenvalue weighted by Gasteiger charge is 2.27. The maximum Gasteiger partial charge on any atom is 0.241 e. The highest BCUT2D eigenvalue weighted by molar-refractivity contribution is 7.98. The molecule has 0 heterocycles. The number of hydrogen-bond donors (Lipinski definition) is 1. The molecule has 0 aliphatic heterocycles. The van der Waals surface area contributed by atoms with E-state index in [1.807, 2.05) is 13.2 Å². The number of carbonyl (C=O) groups excluding carboxylic acids is 1. The second kappa shape index (κ2) is 10.2. The lowest BCUT2D eigenvalue weighted by Crippen LogP contribution is -2.47. The van der Waals surface area contributed by atoms with Crippen LogP contribution in [0.5, 0.6) is 0 Å². The van der Waals surface area contributed by atoms with E-state index in [0.717, 1.165) is 17.7 Å². The molecule has 0 spiro atoms. The van der Waals surface area contributed by atoms with E-state index in [9.17, 15) is 22.0 Å². The van der Waals surface area contributed by atoms with Crippen LogP contribution in [0, 0.1) is 18.6 Å². The Balaban J connectivity index is 2.17. The van der Waals surface area contributed by atoms with E-state index in [4.69, 9.17) is 0 Å². The molecule has 0 aromatic heterocycles. The Labute approximate surface area is 174 Å². The number of likely N-dealkylation sites (N-methyl/N-ethyl adjacent to an activating group) is 1. The number of thioether (sulfide) groups is 1. The van der Waals surface area contributed by atoms with Gasteiger partial charge in [0.2, 0.25) is 15.9 Å². The first-order valence-electron chi connectivity index (χ1n) is 8.91. The summed E-state index contributed by atoms with van der Waals surface area (Å²) in [4.78, 5) is 14.3. The van der Waals surface area contributed by atoms with Gasteiger partial charge in [0, 0.05) is 13.6 Å². The average Bonchev–Trinajstić information content (AvgIpc) is 2.67. The fourth-order valence-corrected chi connectivity index (χ4v) is 4.39. The van der Waals surface area contributed by atoms with Gasteiger partial charge in [-0.1, -0.05) is 23.8 Å². The Kier molecular flexibility index (Phi) is 8.18. The van der Waals surface area contributed by atoms with Crippen molar-refractivity contribution < 1.29 is 22.0 Å². The molecule has 0 fully saturated rings. The Hall–Kier alpha value is -1.97. The minimum atomic E-state index is -3.89. The number of sulfonamides is 1. The van der Waals surface area contributed by atoms with E-state index >= 15 is 0 Å². The Morgan fingerprint density at radius 3 is 2.38 bits per heavy atom. The molecular formula is C20H24F2N2O3S2. The molecule has 158 valence electrons. The SMILES string of the molecule is CSCCC(NS(=O)(=O)c1ccc(C)cc1)C(=O)N(C)Cc1ccc(F)c(F)c1. The van der Waals surface area contributed by atoms with Crippen molar-refractivity contribution in [3.63, 3.8) is 0 Å². The first-order chi connectivity index (χ1) is 13.6. The molecule has 0 bridgehead atoms. The summed E-state index contributed by atoms with van der Waals surface area (Å²) in [5.41, 5.74) is 1.33. The van der Waals surface area contributed by atoms with Gasteiger partial charge < -0.3 is 4.90 Å². The average molecular weight is 443 g/mol. The molecular weight excluding hydrogens is 418 g/mol. The molecule has 1 unspecified atom stereocenters. The van der Waals surface area contributed by atoms with Crippen LogP contribution in [0.2, 0.25) is 0 Å². The van der Waals surface area contributed by atoms with E-state index in [1.54, 1.807) is 12.1 Å². The van der Waals surface area contributed by atoms with Gasteiger partial charge in [-0.05, 0) is 55.2 Å². The molecule has 2 rings (SSSR count). The Morgan fingerprint density at radius 2 is 1.79 bits per heavy atom. The number of benzene rings is 2. The molecule has 0 saturated heterocycles. The number of carbonyl (C=O) groups is 1. The number of nitrogens with one attached hydrogen (secondary N) is 1. The number of rotatable bonds is 9. The van der Waals surface area contributed by atoms with Crippen LogP contribution in [0.25, 0.3) is 0 Å². The molecule has 0 radical (unpaired) electrons. The molecule has 2 aromatic carbocycles. The minimum Gasteiger partial charge on any atom is -0.340 e. The van der Waals surface area contributed by atoms with Crippen molar-refractivity contribution in [3.05, 3.63) is 65.2 Å². The van der Waals surface area contributed by atoms with Crippen molar-refractivity contribution >= 4 is 27.7 Å². The van der Waals surface area contributed by atoms with Crippen LogP contribution in [-0.4, -0.2) is 44.3 Å². The van der Waals surface area contributed by atoms with Crippen LogP contribution < -0.4 is 4.72 Å².